The number of hydrogen-bond donors (Lipinski definition) is 0. The summed E-state index contributed by atoms with van der Waals surface area (Å²) in [7, 11) is 1.52. The summed E-state index contributed by atoms with van der Waals surface area (Å²) in [6.45, 7) is 0.253. The van der Waals surface area contributed by atoms with Crippen LogP contribution in [0.15, 0.2) is 23.4 Å². The molecule has 1 heterocycles. The Morgan fingerprint density at radius 2 is 2.39 bits per heavy atom. The van der Waals surface area contributed by atoms with Crippen LogP contribution >= 0.6 is 11.8 Å². The quantitative estimate of drug-likeness (QED) is 0.771. The predicted molar refractivity (Wildman–Crippen MR) is 63.3 cm³/mol. The molecule has 1 amide bonds. The summed E-state index contributed by atoms with van der Waals surface area (Å²) in [5, 5.41) is 8.44. The highest BCUT2D eigenvalue weighted by molar-refractivity contribution is 7.99. The number of nitriles is 1. The van der Waals surface area contributed by atoms with Crippen LogP contribution in [0.1, 0.15) is 16.8 Å². The Labute approximate surface area is 108 Å². The van der Waals surface area contributed by atoms with Gasteiger partial charge in [0.05, 0.1) is 18.1 Å². The van der Waals surface area contributed by atoms with Crippen LogP contribution in [0.3, 0.4) is 0 Å². The van der Waals surface area contributed by atoms with Gasteiger partial charge in [0.2, 0.25) is 0 Å². The average molecular weight is 271 g/mol. The molecule has 0 aromatic carbocycles. The van der Waals surface area contributed by atoms with E-state index in [1.807, 2.05) is 6.07 Å². The second-order valence-electron chi connectivity index (χ2n) is 3.37. The minimum absolute atomic E-state index is 0.00121. The molecule has 1 rings (SSSR count). The van der Waals surface area contributed by atoms with E-state index in [4.69, 9.17) is 5.26 Å². The van der Waals surface area contributed by atoms with Crippen molar-refractivity contribution in [3.05, 3.63) is 23.9 Å². The number of nitrogens with zero attached hydrogens (tertiary/aromatic N) is 3. The van der Waals surface area contributed by atoms with Crippen LogP contribution < -0.4 is 0 Å². The van der Waals surface area contributed by atoms with E-state index in [1.165, 1.54) is 30.3 Å². The molecule has 7 heteroatoms. The first-order chi connectivity index (χ1) is 8.56. The number of thioether (sulfide) groups is 1. The van der Waals surface area contributed by atoms with Gasteiger partial charge in [-0.1, -0.05) is 0 Å². The van der Waals surface area contributed by atoms with Gasteiger partial charge in [-0.15, -0.1) is 0 Å². The van der Waals surface area contributed by atoms with Gasteiger partial charge in [0, 0.05) is 19.8 Å². The number of rotatable bonds is 5. The maximum absolute atomic E-state index is 12.3. The van der Waals surface area contributed by atoms with Gasteiger partial charge >= 0.3 is 0 Å². The van der Waals surface area contributed by atoms with Crippen molar-refractivity contribution in [3.63, 3.8) is 0 Å². The standard InChI is InChI=1S/C11H11F2N3OS/c1-16(7-3-5-14)10(17)8-4-2-6-15-9(8)18-11(12)13/h2,4,6,11H,3,7H2,1H3. The number of hydrogen-bond acceptors (Lipinski definition) is 4. The summed E-state index contributed by atoms with van der Waals surface area (Å²) in [4.78, 5) is 17.1. The molecule has 0 aliphatic heterocycles. The molecule has 1 aromatic heterocycles. The van der Waals surface area contributed by atoms with Crippen molar-refractivity contribution in [2.24, 2.45) is 0 Å². The number of carbonyl (C=O) groups excluding carboxylic acids is 1. The van der Waals surface area contributed by atoms with Gasteiger partial charge in [0.1, 0.15) is 5.03 Å². The second kappa shape index (κ2) is 6.91. The number of alkyl halides is 2. The van der Waals surface area contributed by atoms with Gasteiger partial charge < -0.3 is 4.90 Å². The van der Waals surface area contributed by atoms with Crippen LogP contribution in [-0.4, -0.2) is 35.1 Å². The third-order valence-electron chi connectivity index (χ3n) is 2.11. The van der Waals surface area contributed by atoms with Crippen molar-refractivity contribution in [3.8, 4) is 6.07 Å². The highest BCUT2D eigenvalue weighted by Gasteiger charge is 2.19. The number of aromatic nitrogens is 1. The molecule has 0 saturated carbocycles. The molecule has 0 radical (unpaired) electrons. The molecule has 0 spiro atoms. The Balaban J connectivity index is 2.88. The molecule has 0 fully saturated rings. The summed E-state index contributed by atoms with van der Waals surface area (Å²) >= 11 is 0.238. The zero-order valence-corrected chi connectivity index (χ0v) is 10.5. The van der Waals surface area contributed by atoms with Crippen molar-refractivity contribution in [1.82, 2.24) is 9.88 Å². The normalized spacial score (nSPS) is 10.2. The number of amides is 1. The lowest BCUT2D eigenvalue weighted by Crippen LogP contribution is -2.28. The Morgan fingerprint density at radius 1 is 1.67 bits per heavy atom. The maximum Gasteiger partial charge on any atom is 0.290 e. The molecule has 1 aromatic rings. The van der Waals surface area contributed by atoms with E-state index in [0.29, 0.717) is 0 Å². The summed E-state index contributed by atoms with van der Waals surface area (Å²) < 4.78 is 24.6. The van der Waals surface area contributed by atoms with Crippen LogP contribution in [0.2, 0.25) is 0 Å². The Hall–Kier alpha value is -1.68. The van der Waals surface area contributed by atoms with E-state index in [0.717, 1.165) is 0 Å². The first-order valence-corrected chi connectivity index (χ1v) is 5.96. The van der Waals surface area contributed by atoms with Crippen molar-refractivity contribution in [1.29, 1.82) is 5.26 Å². The number of carbonyl (C=O) groups is 1. The molecule has 0 unspecified atom stereocenters. The smallest absolute Gasteiger partial charge is 0.290 e. The molecule has 18 heavy (non-hydrogen) atoms. The first-order valence-electron chi connectivity index (χ1n) is 5.08. The molecule has 0 bridgehead atoms. The maximum atomic E-state index is 12.3. The lowest BCUT2D eigenvalue weighted by molar-refractivity contribution is 0.0793. The first kappa shape index (κ1) is 14.4. The molecule has 0 saturated heterocycles. The molecular weight excluding hydrogens is 260 g/mol. The van der Waals surface area contributed by atoms with E-state index in [9.17, 15) is 13.6 Å². The van der Waals surface area contributed by atoms with Crippen LogP contribution in [0.25, 0.3) is 0 Å². The Morgan fingerprint density at radius 3 is 3.00 bits per heavy atom. The van der Waals surface area contributed by atoms with E-state index >= 15 is 0 Å². The molecule has 4 nitrogen and oxygen atoms in total. The third kappa shape index (κ3) is 3.96. The highest BCUT2D eigenvalue weighted by Crippen LogP contribution is 2.26. The summed E-state index contributed by atoms with van der Waals surface area (Å²) in [5.41, 5.74) is 0.128. The van der Waals surface area contributed by atoms with Gasteiger partial charge in [0.15, 0.2) is 0 Å². The lowest BCUT2D eigenvalue weighted by atomic mass is 10.2. The molecular formula is C11H11F2N3OS. The van der Waals surface area contributed by atoms with Crippen LogP contribution in [-0.2, 0) is 0 Å². The molecule has 96 valence electrons. The predicted octanol–water partition coefficient (Wildman–Crippen LogP) is 2.38. The monoisotopic (exact) mass is 271 g/mol. The molecule has 0 N–H and O–H groups in total. The Kier molecular flexibility index (Phi) is 5.52. The number of pyridine rings is 1. The third-order valence-corrected chi connectivity index (χ3v) is 2.83. The van der Waals surface area contributed by atoms with E-state index in [2.05, 4.69) is 4.98 Å². The topological polar surface area (TPSA) is 57.0 Å². The van der Waals surface area contributed by atoms with E-state index in [1.54, 1.807) is 0 Å². The summed E-state index contributed by atoms with van der Waals surface area (Å²) in [6, 6.07) is 4.88. The fourth-order valence-corrected chi connectivity index (χ4v) is 1.83. The van der Waals surface area contributed by atoms with Gasteiger partial charge in [-0.2, -0.15) is 14.0 Å². The molecule has 0 atom stereocenters. The second-order valence-corrected chi connectivity index (χ2v) is 4.35. The SMILES string of the molecule is CN(CCC#N)C(=O)c1cccnc1SC(F)F. The summed E-state index contributed by atoms with van der Waals surface area (Å²) in [6.07, 6.45) is 1.55. The minimum Gasteiger partial charge on any atom is -0.341 e. The fraction of sp³-hybridized carbons (Fsp3) is 0.364. The minimum atomic E-state index is -2.63. The largest absolute Gasteiger partial charge is 0.341 e. The zero-order valence-electron chi connectivity index (χ0n) is 9.64. The van der Waals surface area contributed by atoms with Crippen LogP contribution in [0, 0.1) is 11.3 Å². The zero-order chi connectivity index (χ0) is 13.5. The Bertz CT molecular complexity index is 462. The van der Waals surface area contributed by atoms with Gasteiger partial charge in [-0.25, -0.2) is 4.98 Å². The van der Waals surface area contributed by atoms with E-state index in [-0.39, 0.29) is 35.3 Å². The van der Waals surface area contributed by atoms with Crippen molar-refractivity contribution in [2.75, 3.05) is 13.6 Å². The van der Waals surface area contributed by atoms with Crippen molar-refractivity contribution < 1.29 is 13.6 Å². The highest BCUT2D eigenvalue weighted by atomic mass is 32.2. The molecule has 0 aliphatic rings. The lowest BCUT2D eigenvalue weighted by Gasteiger charge is -2.16. The van der Waals surface area contributed by atoms with Crippen LogP contribution in [0.4, 0.5) is 8.78 Å². The fourth-order valence-electron chi connectivity index (χ4n) is 1.26. The van der Waals surface area contributed by atoms with Crippen LogP contribution in [0.5, 0.6) is 0 Å². The summed E-state index contributed by atoms with van der Waals surface area (Å²) in [5.74, 6) is -3.04. The van der Waals surface area contributed by atoms with Gasteiger partial charge in [0.25, 0.3) is 11.7 Å². The van der Waals surface area contributed by atoms with Crippen molar-refractivity contribution in [2.45, 2.75) is 17.2 Å². The average Bonchev–Trinajstić information content (AvgIpc) is 2.35. The van der Waals surface area contributed by atoms with Crippen molar-refractivity contribution >= 4 is 17.7 Å². The van der Waals surface area contributed by atoms with E-state index < -0.39 is 11.7 Å². The number of halogens is 2. The van der Waals surface area contributed by atoms with Gasteiger partial charge in [-0.05, 0) is 23.9 Å². The molecule has 0 aliphatic carbocycles. The van der Waals surface area contributed by atoms with Gasteiger partial charge in [-0.3, -0.25) is 4.79 Å².